The highest BCUT2D eigenvalue weighted by molar-refractivity contribution is 5.74. The number of nitrogens with zero attached hydrogens (tertiary/aromatic N) is 1. The van der Waals surface area contributed by atoms with Crippen molar-refractivity contribution in [1.82, 2.24) is 10.6 Å². The normalized spacial score (nSPS) is 21.9. The van der Waals surface area contributed by atoms with E-state index in [2.05, 4.69) is 15.6 Å². The molecule has 1 aliphatic rings. The monoisotopic (exact) mass is 139 g/mol. The summed E-state index contributed by atoms with van der Waals surface area (Å²) in [6.45, 7) is 1.46. The zero-order valence-corrected chi connectivity index (χ0v) is 5.66. The molecule has 0 spiro atoms. The first-order chi connectivity index (χ1) is 4.79. The van der Waals surface area contributed by atoms with Crippen molar-refractivity contribution in [2.75, 3.05) is 0 Å². The van der Waals surface area contributed by atoms with Crippen LogP contribution in [-0.4, -0.2) is 18.4 Å². The quantitative estimate of drug-likeness (QED) is 0.519. The molecule has 10 heavy (non-hydrogen) atoms. The van der Waals surface area contributed by atoms with E-state index in [0.717, 1.165) is 0 Å². The predicted molar refractivity (Wildman–Crippen MR) is 38.4 cm³/mol. The van der Waals surface area contributed by atoms with Gasteiger partial charge in [0, 0.05) is 13.1 Å². The number of nitrogens with one attached hydrogen (secondary N) is 2. The van der Waals surface area contributed by atoms with Gasteiger partial charge in [-0.2, -0.15) is 0 Å². The molecule has 1 amide bonds. The summed E-state index contributed by atoms with van der Waals surface area (Å²) in [6.07, 6.45) is 4.84. The maximum absolute atomic E-state index is 10.5. The number of carbonyl (C=O) groups excluding carboxylic acids is 1. The molecule has 0 saturated heterocycles. The summed E-state index contributed by atoms with van der Waals surface area (Å²) in [7, 11) is 0. The molecule has 0 aromatic carbocycles. The lowest BCUT2D eigenvalue weighted by molar-refractivity contribution is -0.119. The van der Waals surface area contributed by atoms with Crippen LogP contribution in [0.5, 0.6) is 0 Å². The van der Waals surface area contributed by atoms with Gasteiger partial charge in [0.1, 0.15) is 6.17 Å². The molecule has 0 radical (unpaired) electrons. The van der Waals surface area contributed by atoms with Crippen LogP contribution in [0.15, 0.2) is 17.3 Å². The summed E-state index contributed by atoms with van der Waals surface area (Å²) < 4.78 is 0. The highest BCUT2D eigenvalue weighted by atomic mass is 16.1. The summed E-state index contributed by atoms with van der Waals surface area (Å²) in [5.74, 6) is -0.0753. The Morgan fingerprint density at radius 3 is 3.10 bits per heavy atom. The molecular weight excluding hydrogens is 130 g/mol. The average Bonchev–Trinajstić information content (AvgIpc) is 1.88. The lowest BCUT2D eigenvalue weighted by atomic mass is 10.4. The molecule has 1 atom stereocenters. The lowest BCUT2D eigenvalue weighted by Gasteiger charge is -2.10. The van der Waals surface area contributed by atoms with E-state index in [9.17, 15) is 4.79 Å². The minimum absolute atomic E-state index is 0.0753. The largest absolute Gasteiger partial charge is 0.353 e. The molecule has 4 heteroatoms. The number of rotatable bonds is 1. The molecule has 1 heterocycles. The molecular formula is C6H9N3O. The van der Waals surface area contributed by atoms with Crippen molar-refractivity contribution >= 4 is 12.2 Å². The van der Waals surface area contributed by atoms with Crippen molar-refractivity contribution in [1.29, 1.82) is 0 Å². The fraction of sp³-hybridized carbons (Fsp3) is 0.333. The number of hydrogen-bond donors (Lipinski definition) is 2. The third kappa shape index (κ3) is 1.89. The van der Waals surface area contributed by atoms with Gasteiger partial charge >= 0.3 is 0 Å². The Kier molecular flexibility index (Phi) is 2.04. The van der Waals surface area contributed by atoms with Crippen LogP contribution in [0.3, 0.4) is 0 Å². The van der Waals surface area contributed by atoms with Gasteiger partial charge in [-0.25, -0.2) is 4.99 Å². The van der Waals surface area contributed by atoms with Crippen LogP contribution in [0.4, 0.5) is 0 Å². The molecule has 0 aliphatic carbocycles. The highest BCUT2D eigenvalue weighted by Crippen LogP contribution is 1.89. The molecule has 4 nitrogen and oxygen atoms in total. The summed E-state index contributed by atoms with van der Waals surface area (Å²) in [6, 6.07) is 0. The zero-order valence-electron chi connectivity index (χ0n) is 5.66. The SMILES string of the molecule is CC(=O)NC1C=CNC=N1. The van der Waals surface area contributed by atoms with Crippen molar-refractivity contribution in [2.45, 2.75) is 13.1 Å². The molecule has 0 saturated carbocycles. The zero-order chi connectivity index (χ0) is 7.40. The van der Waals surface area contributed by atoms with Gasteiger partial charge in [0.05, 0.1) is 6.34 Å². The van der Waals surface area contributed by atoms with E-state index in [1.54, 1.807) is 18.6 Å². The van der Waals surface area contributed by atoms with E-state index in [4.69, 9.17) is 0 Å². The second kappa shape index (κ2) is 3.00. The molecule has 0 aromatic heterocycles. The van der Waals surface area contributed by atoms with E-state index < -0.39 is 0 Å². The fourth-order valence-electron chi connectivity index (χ4n) is 0.656. The maximum atomic E-state index is 10.5. The van der Waals surface area contributed by atoms with Gasteiger partial charge in [-0.05, 0) is 6.08 Å². The Morgan fingerprint density at radius 2 is 2.60 bits per heavy atom. The van der Waals surface area contributed by atoms with Crippen LogP contribution in [0.2, 0.25) is 0 Å². The van der Waals surface area contributed by atoms with Crippen LogP contribution in [0.1, 0.15) is 6.92 Å². The Labute approximate surface area is 59.0 Å². The molecule has 0 bridgehead atoms. The molecule has 1 aliphatic heterocycles. The standard InChI is InChI=1S/C6H9N3O/c1-5(10)9-6-2-3-7-4-8-6/h2-4,6H,1H3,(H,7,8)(H,9,10). The van der Waals surface area contributed by atoms with Crippen LogP contribution in [-0.2, 0) is 4.79 Å². The maximum Gasteiger partial charge on any atom is 0.218 e. The van der Waals surface area contributed by atoms with Crippen molar-refractivity contribution in [3.8, 4) is 0 Å². The predicted octanol–water partition coefficient (Wildman–Crippen LogP) is -0.406. The third-order valence-corrected chi connectivity index (χ3v) is 1.04. The first-order valence-corrected chi connectivity index (χ1v) is 3.00. The Bertz CT molecular complexity index is 173. The summed E-state index contributed by atoms with van der Waals surface area (Å²) in [5, 5.41) is 5.38. The van der Waals surface area contributed by atoms with Crippen molar-refractivity contribution in [3.05, 3.63) is 12.3 Å². The van der Waals surface area contributed by atoms with Crippen LogP contribution in [0, 0.1) is 0 Å². The van der Waals surface area contributed by atoms with E-state index >= 15 is 0 Å². The van der Waals surface area contributed by atoms with Crippen LogP contribution in [0.25, 0.3) is 0 Å². The first-order valence-electron chi connectivity index (χ1n) is 3.00. The summed E-state index contributed by atoms with van der Waals surface area (Å²) >= 11 is 0. The van der Waals surface area contributed by atoms with Gasteiger partial charge < -0.3 is 10.6 Å². The fourth-order valence-corrected chi connectivity index (χ4v) is 0.656. The van der Waals surface area contributed by atoms with E-state index in [-0.39, 0.29) is 12.1 Å². The van der Waals surface area contributed by atoms with Crippen molar-refractivity contribution in [3.63, 3.8) is 0 Å². The Hall–Kier alpha value is -1.32. The summed E-state index contributed by atoms with van der Waals surface area (Å²) in [5.41, 5.74) is 0. The second-order valence-electron chi connectivity index (χ2n) is 1.95. The number of aliphatic imine (C=N–C) groups is 1. The smallest absolute Gasteiger partial charge is 0.218 e. The Morgan fingerprint density at radius 1 is 1.80 bits per heavy atom. The van der Waals surface area contributed by atoms with E-state index in [0.29, 0.717) is 0 Å². The van der Waals surface area contributed by atoms with Gasteiger partial charge in [-0.1, -0.05) is 0 Å². The Balaban J connectivity index is 2.40. The van der Waals surface area contributed by atoms with E-state index in [1.165, 1.54) is 6.92 Å². The lowest BCUT2D eigenvalue weighted by Crippen LogP contribution is -2.32. The van der Waals surface area contributed by atoms with E-state index in [1.807, 2.05) is 0 Å². The van der Waals surface area contributed by atoms with Crippen LogP contribution >= 0.6 is 0 Å². The molecule has 0 aromatic rings. The van der Waals surface area contributed by atoms with Gasteiger partial charge in [-0.15, -0.1) is 0 Å². The summed E-state index contributed by atoms with van der Waals surface area (Å²) in [4.78, 5) is 14.4. The minimum Gasteiger partial charge on any atom is -0.353 e. The number of hydrogen-bond acceptors (Lipinski definition) is 3. The topological polar surface area (TPSA) is 53.5 Å². The van der Waals surface area contributed by atoms with Crippen molar-refractivity contribution in [2.24, 2.45) is 4.99 Å². The average molecular weight is 139 g/mol. The molecule has 2 N–H and O–H groups in total. The molecule has 54 valence electrons. The number of carbonyl (C=O) groups is 1. The highest BCUT2D eigenvalue weighted by Gasteiger charge is 2.02. The molecule has 1 rings (SSSR count). The van der Waals surface area contributed by atoms with Gasteiger partial charge in [0.2, 0.25) is 5.91 Å². The van der Waals surface area contributed by atoms with Gasteiger partial charge in [0.15, 0.2) is 0 Å². The number of amides is 1. The van der Waals surface area contributed by atoms with Gasteiger partial charge in [0.25, 0.3) is 0 Å². The minimum atomic E-state index is -0.196. The second-order valence-corrected chi connectivity index (χ2v) is 1.95. The molecule has 1 unspecified atom stereocenters. The van der Waals surface area contributed by atoms with Gasteiger partial charge in [-0.3, -0.25) is 4.79 Å². The van der Waals surface area contributed by atoms with Crippen molar-refractivity contribution < 1.29 is 4.79 Å². The van der Waals surface area contributed by atoms with Crippen LogP contribution < -0.4 is 10.6 Å². The third-order valence-electron chi connectivity index (χ3n) is 1.04. The first kappa shape index (κ1) is 6.80. The molecule has 0 fully saturated rings.